The largest absolute Gasteiger partial charge is 0.483 e. The quantitative estimate of drug-likeness (QED) is 0.908. The van der Waals surface area contributed by atoms with Gasteiger partial charge < -0.3 is 10.1 Å². The van der Waals surface area contributed by atoms with Gasteiger partial charge in [0.1, 0.15) is 5.75 Å². The number of rotatable bonds is 4. The zero-order chi connectivity index (χ0) is 15.6. The first-order chi connectivity index (χ1) is 9.88. The van der Waals surface area contributed by atoms with Crippen molar-refractivity contribution in [3.05, 3.63) is 40.1 Å². The van der Waals surface area contributed by atoms with Crippen molar-refractivity contribution < 1.29 is 9.53 Å². The molecule has 0 bridgehead atoms. The number of anilines is 1. The van der Waals surface area contributed by atoms with E-state index < -0.39 is 0 Å². The van der Waals surface area contributed by atoms with Crippen molar-refractivity contribution in [1.82, 2.24) is 10.2 Å². The molecular formula is C16H21N3O2. The molecule has 2 aromatic rings. The molecule has 0 radical (unpaired) electrons. The minimum atomic E-state index is -0.219. The van der Waals surface area contributed by atoms with Gasteiger partial charge in [-0.25, -0.2) is 0 Å². The van der Waals surface area contributed by atoms with Crippen LogP contribution in [0, 0.1) is 34.6 Å². The van der Waals surface area contributed by atoms with Gasteiger partial charge in [-0.1, -0.05) is 17.7 Å². The van der Waals surface area contributed by atoms with Crippen LogP contribution >= 0.6 is 0 Å². The normalized spacial score (nSPS) is 10.5. The summed E-state index contributed by atoms with van der Waals surface area (Å²) in [6.45, 7) is 9.79. The summed E-state index contributed by atoms with van der Waals surface area (Å²) in [5.41, 5.74) is 5.13. The van der Waals surface area contributed by atoms with E-state index in [2.05, 4.69) is 15.5 Å². The van der Waals surface area contributed by atoms with Crippen molar-refractivity contribution in [2.75, 3.05) is 11.9 Å². The Morgan fingerprint density at radius 3 is 2.33 bits per heavy atom. The molecule has 0 fully saturated rings. The third-order valence-corrected chi connectivity index (χ3v) is 3.46. The van der Waals surface area contributed by atoms with E-state index in [-0.39, 0.29) is 12.5 Å². The summed E-state index contributed by atoms with van der Waals surface area (Å²) in [5, 5.41) is 9.62. The summed E-state index contributed by atoms with van der Waals surface area (Å²) >= 11 is 0. The Bertz CT molecular complexity index is 651. The van der Waals surface area contributed by atoms with Gasteiger partial charge in [-0.15, -0.1) is 0 Å². The second-order valence-corrected chi connectivity index (χ2v) is 5.39. The maximum absolute atomic E-state index is 11.9. The van der Waals surface area contributed by atoms with E-state index in [9.17, 15) is 4.79 Å². The maximum Gasteiger partial charge on any atom is 0.263 e. The Kier molecular flexibility index (Phi) is 4.31. The molecule has 0 spiro atoms. The first kappa shape index (κ1) is 15.1. The Morgan fingerprint density at radius 2 is 1.81 bits per heavy atom. The molecule has 5 nitrogen and oxygen atoms in total. The van der Waals surface area contributed by atoms with Gasteiger partial charge in [-0.05, 0) is 45.7 Å². The van der Waals surface area contributed by atoms with Crippen molar-refractivity contribution in [3.8, 4) is 5.75 Å². The summed E-state index contributed by atoms with van der Waals surface area (Å²) in [4.78, 5) is 11.9. The van der Waals surface area contributed by atoms with Crippen molar-refractivity contribution in [2.24, 2.45) is 0 Å². The molecule has 0 unspecified atom stereocenters. The molecule has 0 atom stereocenters. The number of carbonyl (C=O) groups excluding carboxylic acids is 1. The molecule has 1 aromatic carbocycles. The average Bonchev–Trinajstić information content (AvgIpc) is 2.69. The number of amides is 1. The summed E-state index contributed by atoms with van der Waals surface area (Å²) < 4.78 is 5.65. The van der Waals surface area contributed by atoms with Crippen LogP contribution in [-0.2, 0) is 4.79 Å². The standard InChI is InChI=1S/C16H21N3O2/c1-9-6-10(2)15(11(3)7-9)21-8-14(20)17-16-12(4)13(5)18-19-16/h6-7H,8H2,1-5H3,(H2,17,18,19,20). The number of nitrogens with one attached hydrogen (secondary N) is 2. The first-order valence-corrected chi connectivity index (χ1v) is 6.90. The van der Waals surface area contributed by atoms with Crippen molar-refractivity contribution >= 4 is 11.7 Å². The molecule has 0 saturated carbocycles. The highest BCUT2D eigenvalue weighted by Crippen LogP contribution is 2.24. The van der Waals surface area contributed by atoms with Crippen LogP contribution in [0.15, 0.2) is 12.1 Å². The van der Waals surface area contributed by atoms with E-state index in [1.54, 1.807) is 0 Å². The Hall–Kier alpha value is -2.30. The molecule has 5 heteroatoms. The molecule has 2 N–H and O–H groups in total. The highest BCUT2D eigenvalue weighted by Gasteiger charge is 2.11. The molecule has 0 saturated heterocycles. The lowest BCUT2D eigenvalue weighted by Crippen LogP contribution is -2.21. The average molecular weight is 287 g/mol. The number of H-pyrrole nitrogens is 1. The van der Waals surface area contributed by atoms with Crippen molar-refractivity contribution in [1.29, 1.82) is 0 Å². The Balaban J connectivity index is 2.00. The fraction of sp³-hybridized carbons (Fsp3) is 0.375. The zero-order valence-corrected chi connectivity index (χ0v) is 13.1. The number of nitrogens with zero attached hydrogens (tertiary/aromatic N) is 1. The first-order valence-electron chi connectivity index (χ1n) is 6.90. The molecule has 0 aliphatic rings. The van der Waals surface area contributed by atoms with Gasteiger partial charge >= 0.3 is 0 Å². The Morgan fingerprint density at radius 1 is 1.19 bits per heavy atom. The molecule has 2 rings (SSSR count). The van der Waals surface area contributed by atoms with E-state index >= 15 is 0 Å². The molecule has 1 aromatic heterocycles. The van der Waals surface area contributed by atoms with Crippen LogP contribution in [0.1, 0.15) is 27.9 Å². The second-order valence-electron chi connectivity index (χ2n) is 5.39. The van der Waals surface area contributed by atoms with Crippen LogP contribution in [0.3, 0.4) is 0 Å². The van der Waals surface area contributed by atoms with Gasteiger partial charge in [0.15, 0.2) is 12.4 Å². The summed E-state index contributed by atoms with van der Waals surface area (Å²) in [7, 11) is 0. The van der Waals surface area contributed by atoms with E-state index in [0.717, 1.165) is 28.1 Å². The lowest BCUT2D eigenvalue weighted by atomic mass is 10.1. The number of aromatic amines is 1. The van der Waals surface area contributed by atoms with Gasteiger partial charge in [0.2, 0.25) is 0 Å². The van der Waals surface area contributed by atoms with Crippen LogP contribution in [0.2, 0.25) is 0 Å². The molecular weight excluding hydrogens is 266 g/mol. The second kappa shape index (κ2) is 5.99. The fourth-order valence-electron chi connectivity index (χ4n) is 2.31. The lowest BCUT2D eigenvalue weighted by Gasteiger charge is -2.12. The highest BCUT2D eigenvalue weighted by atomic mass is 16.5. The predicted octanol–water partition coefficient (Wildman–Crippen LogP) is 2.97. The van der Waals surface area contributed by atoms with Crippen LogP contribution < -0.4 is 10.1 Å². The van der Waals surface area contributed by atoms with Gasteiger partial charge in [-0.3, -0.25) is 9.89 Å². The van der Waals surface area contributed by atoms with Crippen molar-refractivity contribution in [2.45, 2.75) is 34.6 Å². The summed E-state index contributed by atoms with van der Waals surface area (Å²) in [6.07, 6.45) is 0. The molecule has 1 amide bonds. The number of ether oxygens (including phenoxy) is 1. The Labute approximate surface area is 124 Å². The molecule has 21 heavy (non-hydrogen) atoms. The fourth-order valence-corrected chi connectivity index (χ4v) is 2.31. The lowest BCUT2D eigenvalue weighted by molar-refractivity contribution is -0.118. The van der Waals surface area contributed by atoms with E-state index in [1.165, 1.54) is 5.56 Å². The maximum atomic E-state index is 11.9. The molecule has 0 aliphatic heterocycles. The third kappa shape index (κ3) is 3.42. The van der Waals surface area contributed by atoms with Gasteiger partial charge in [0.25, 0.3) is 5.91 Å². The number of aromatic nitrogens is 2. The monoisotopic (exact) mass is 287 g/mol. The number of hydrogen-bond acceptors (Lipinski definition) is 3. The number of aryl methyl sites for hydroxylation is 4. The van der Waals surface area contributed by atoms with Crippen LogP contribution in [0.4, 0.5) is 5.82 Å². The number of hydrogen-bond donors (Lipinski definition) is 2. The van der Waals surface area contributed by atoms with E-state index in [4.69, 9.17) is 4.74 Å². The van der Waals surface area contributed by atoms with Crippen molar-refractivity contribution in [3.63, 3.8) is 0 Å². The van der Waals surface area contributed by atoms with Crippen LogP contribution in [0.25, 0.3) is 0 Å². The predicted molar refractivity (Wildman–Crippen MR) is 82.8 cm³/mol. The van der Waals surface area contributed by atoms with E-state index in [0.29, 0.717) is 5.82 Å². The highest BCUT2D eigenvalue weighted by molar-refractivity contribution is 5.91. The topological polar surface area (TPSA) is 67.0 Å². The third-order valence-electron chi connectivity index (χ3n) is 3.46. The summed E-state index contributed by atoms with van der Waals surface area (Å²) in [5.74, 6) is 1.10. The number of carbonyl (C=O) groups is 1. The van der Waals surface area contributed by atoms with Gasteiger partial charge in [0, 0.05) is 11.3 Å². The van der Waals surface area contributed by atoms with E-state index in [1.807, 2.05) is 46.8 Å². The molecule has 1 heterocycles. The summed E-state index contributed by atoms with van der Waals surface area (Å²) in [6, 6.07) is 4.09. The minimum absolute atomic E-state index is 0.0317. The zero-order valence-electron chi connectivity index (χ0n) is 13.1. The van der Waals surface area contributed by atoms with Crippen LogP contribution in [-0.4, -0.2) is 22.7 Å². The number of benzene rings is 1. The van der Waals surface area contributed by atoms with Crippen LogP contribution in [0.5, 0.6) is 5.75 Å². The molecule has 112 valence electrons. The smallest absolute Gasteiger partial charge is 0.263 e. The molecule has 0 aliphatic carbocycles. The SMILES string of the molecule is Cc1cc(C)c(OCC(=O)Nc2n[nH]c(C)c2C)c(C)c1. The van der Waals surface area contributed by atoms with Gasteiger partial charge in [0.05, 0.1) is 0 Å². The minimum Gasteiger partial charge on any atom is -0.483 e. The van der Waals surface area contributed by atoms with Gasteiger partial charge in [-0.2, -0.15) is 5.10 Å².